The van der Waals surface area contributed by atoms with Gasteiger partial charge in [0, 0.05) is 28.7 Å². The number of pyridine rings is 1. The molecule has 1 aliphatic heterocycles. The standard InChI is InChI=1S/C24H18Cl2N2O4/c1-13-16(25)6-3-7-18(13)28-21(15-5-4-10-27-12-15)20(23(30)24(28)31)22(29)14-8-9-17(26)19(11-14)32-2/h3-12,21,29H,1-2H3/b22-20+. The van der Waals surface area contributed by atoms with Crippen LogP contribution < -0.4 is 9.64 Å². The highest BCUT2D eigenvalue weighted by molar-refractivity contribution is 6.52. The number of halogens is 2. The third-order valence-corrected chi connectivity index (χ3v) is 6.09. The van der Waals surface area contributed by atoms with Crippen molar-refractivity contribution in [3.05, 3.63) is 93.2 Å². The summed E-state index contributed by atoms with van der Waals surface area (Å²) in [5, 5.41) is 12.0. The Kier molecular flexibility index (Phi) is 5.91. The number of carbonyl (C=O) groups excluding carboxylic acids is 2. The summed E-state index contributed by atoms with van der Waals surface area (Å²) in [5.41, 5.74) is 1.90. The van der Waals surface area contributed by atoms with E-state index < -0.39 is 17.7 Å². The van der Waals surface area contributed by atoms with Crippen molar-refractivity contribution >= 4 is 46.3 Å². The van der Waals surface area contributed by atoms with Crippen LogP contribution in [-0.2, 0) is 9.59 Å². The van der Waals surface area contributed by atoms with Crippen molar-refractivity contribution in [3.8, 4) is 5.75 Å². The lowest BCUT2D eigenvalue weighted by molar-refractivity contribution is -0.132. The number of hydrogen-bond donors (Lipinski definition) is 1. The number of aromatic nitrogens is 1. The first kappa shape index (κ1) is 21.9. The third kappa shape index (κ3) is 3.61. The van der Waals surface area contributed by atoms with Gasteiger partial charge in [-0.1, -0.05) is 35.3 Å². The van der Waals surface area contributed by atoms with Crippen LogP contribution in [-0.4, -0.2) is 28.9 Å². The highest BCUT2D eigenvalue weighted by Crippen LogP contribution is 2.44. The Bertz CT molecular complexity index is 1260. The Hall–Kier alpha value is -3.35. The van der Waals surface area contributed by atoms with Gasteiger partial charge in [0.25, 0.3) is 11.7 Å². The van der Waals surface area contributed by atoms with Gasteiger partial charge in [0.15, 0.2) is 0 Å². The number of carbonyl (C=O) groups is 2. The van der Waals surface area contributed by atoms with Gasteiger partial charge >= 0.3 is 0 Å². The van der Waals surface area contributed by atoms with E-state index in [1.165, 1.54) is 18.1 Å². The fraction of sp³-hybridized carbons (Fsp3) is 0.125. The van der Waals surface area contributed by atoms with Gasteiger partial charge < -0.3 is 9.84 Å². The summed E-state index contributed by atoms with van der Waals surface area (Å²) in [4.78, 5) is 31.9. The van der Waals surface area contributed by atoms with Crippen molar-refractivity contribution in [1.29, 1.82) is 0 Å². The average molecular weight is 469 g/mol. The largest absolute Gasteiger partial charge is 0.507 e. The van der Waals surface area contributed by atoms with Crippen LogP contribution in [0.1, 0.15) is 22.7 Å². The van der Waals surface area contributed by atoms with E-state index in [0.717, 1.165) is 0 Å². The fourth-order valence-electron chi connectivity index (χ4n) is 3.75. The number of amides is 1. The summed E-state index contributed by atoms with van der Waals surface area (Å²) >= 11 is 12.4. The van der Waals surface area contributed by atoms with Crippen LogP contribution in [0.4, 0.5) is 5.69 Å². The van der Waals surface area contributed by atoms with Crippen LogP contribution in [0.3, 0.4) is 0 Å². The summed E-state index contributed by atoms with van der Waals surface area (Å²) in [6, 6.07) is 12.3. The van der Waals surface area contributed by atoms with Crippen molar-refractivity contribution in [2.75, 3.05) is 12.0 Å². The molecule has 1 aliphatic rings. The first-order valence-corrected chi connectivity index (χ1v) is 10.4. The minimum absolute atomic E-state index is 0.0632. The van der Waals surface area contributed by atoms with Gasteiger partial charge in [-0.15, -0.1) is 0 Å². The van der Waals surface area contributed by atoms with Gasteiger partial charge in [-0.2, -0.15) is 0 Å². The second kappa shape index (κ2) is 8.65. The van der Waals surface area contributed by atoms with E-state index in [4.69, 9.17) is 27.9 Å². The smallest absolute Gasteiger partial charge is 0.300 e. The average Bonchev–Trinajstić information content (AvgIpc) is 3.06. The van der Waals surface area contributed by atoms with Crippen LogP contribution in [0, 0.1) is 6.92 Å². The molecule has 1 saturated heterocycles. The molecule has 4 rings (SSSR count). The Balaban J connectivity index is 1.97. The molecule has 1 fully saturated rings. The Morgan fingerprint density at radius 1 is 1.09 bits per heavy atom. The molecule has 0 aliphatic carbocycles. The molecule has 3 aromatic rings. The van der Waals surface area contributed by atoms with Crippen molar-refractivity contribution < 1.29 is 19.4 Å². The van der Waals surface area contributed by atoms with Crippen molar-refractivity contribution in [2.24, 2.45) is 0 Å². The van der Waals surface area contributed by atoms with Gasteiger partial charge in [-0.3, -0.25) is 19.5 Å². The van der Waals surface area contributed by atoms with Crippen molar-refractivity contribution in [3.63, 3.8) is 0 Å². The molecular weight excluding hydrogens is 451 g/mol. The van der Waals surface area contributed by atoms with Gasteiger partial charge in [0.1, 0.15) is 11.5 Å². The summed E-state index contributed by atoms with van der Waals surface area (Å²) in [6.45, 7) is 1.77. The molecule has 1 aromatic heterocycles. The summed E-state index contributed by atoms with van der Waals surface area (Å²) in [7, 11) is 1.45. The maximum atomic E-state index is 13.2. The number of nitrogens with zero attached hydrogens (tertiary/aromatic N) is 2. The molecule has 0 bridgehead atoms. The molecule has 2 heterocycles. The highest BCUT2D eigenvalue weighted by Gasteiger charge is 2.47. The number of hydrogen-bond acceptors (Lipinski definition) is 5. The number of ether oxygens (including phenoxy) is 1. The molecule has 1 atom stereocenters. The number of aliphatic hydroxyl groups is 1. The predicted octanol–water partition coefficient (Wildman–Crippen LogP) is 5.33. The quantitative estimate of drug-likeness (QED) is 0.317. The second-order valence-electron chi connectivity index (χ2n) is 7.19. The molecule has 1 unspecified atom stereocenters. The predicted molar refractivity (Wildman–Crippen MR) is 123 cm³/mol. The van der Waals surface area contributed by atoms with E-state index in [9.17, 15) is 14.7 Å². The molecule has 6 nitrogen and oxygen atoms in total. The zero-order valence-electron chi connectivity index (χ0n) is 17.2. The highest BCUT2D eigenvalue weighted by atomic mass is 35.5. The summed E-state index contributed by atoms with van der Waals surface area (Å²) in [6.07, 6.45) is 3.14. The van der Waals surface area contributed by atoms with Gasteiger partial charge in [0.2, 0.25) is 0 Å². The van der Waals surface area contributed by atoms with Crippen molar-refractivity contribution in [1.82, 2.24) is 4.98 Å². The minimum Gasteiger partial charge on any atom is -0.507 e. The van der Waals surface area contributed by atoms with Gasteiger partial charge in [0.05, 0.1) is 23.7 Å². The van der Waals surface area contributed by atoms with Crippen LogP contribution in [0.25, 0.3) is 5.76 Å². The van der Waals surface area contributed by atoms with Gasteiger partial charge in [-0.25, -0.2) is 0 Å². The number of ketones is 1. The third-order valence-electron chi connectivity index (χ3n) is 5.37. The van der Waals surface area contributed by atoms with E-state index in [2.05, 4.69) is 4.98 Å². The number of benzene rings is 2. The first-order valence-electron chi connectivity index (χ1n) is 9.65. The SMILES string of the molecule is COc1cc(/C(O)=C2\C(=O)C(=O)N(c3cccc(Cl)c3C)C2c2cccnc2)ccc1Cl. The summed E-state index contributed by atoms with van der Waals surface area (Å²) in [5.74, 6) is -1.60. The Morgan fingerprint density at radius 3 is 2.56 bits per heavy atom. The molecule has 2 aromatic carbocycles. The molecule has 0 radical (unpaired) electrons. The Morgan fingerprint density at radius 2 is 1.88 bits per heavy atom. The maximum Gasteiger partial charge on any atom is 0.300 e. The second-order valence-corrected chi connectivity index (χ2v) is 8.00. The van der Waals surface area contributed by atoms with Crippen molar-refractivity contribution in [2.45, 2.75) is 13.0 Å². The number of rotatable bonds is 4. The molecule has 1 N–H and O–H groups in total. The summed E-state index contributed by atoms with van der Waals surface area (Å²) < 4.78 is 5.22. The van der Waals surface area contributed by atoms with E-state index in [0.29, 0.717) is 38.2 Å². The molecule has 8 heteroatoms. The fourth-order valence-corrected chi connectivity index (χ4v) is 4.12. The van der Waals surface area contributed by atoms with E-state index >= 15 is 0 Å². The first-order chi connectivity index (χ1) is 15.3. The van der Waals surface area contributed by atoms with Crippen LogP contribution in [0.2, 0.25) is 10.0 Å². The maximum absolute atomic E-state index is 13.2. The van der Waals surface area contributed by atoms with Gasteiger partial charge in [-0.05, 0) is 54.4 Å². The van der Waals surface area contributed by atoms with Crippen LogP contribution in [0.15, 0.2) is 66.5 Å². The molecule has 0 spiro atoms. The number of aliphatic hydroxyl groups excluding tert-OH is 1. The number of anilines is 1. The monoisotopic (exact) mass is 468 g/mol. The molecule has 162 valence electrons. The molecule has 32 heavy (non-hydrogen) atoms. The van der Waals surface area contributed by atoms with E-state index in [1.54, 1.807) is 61.8 Å². The zero-order chi connectivity index (χ0) is 23.0. The number of methoxy groups -OCH3 is 1. The zero-order valence-corrected chi connectivity index (χ0v) is 18.7. The lowest BCUT2D eigenvalue weighted by atomic mass is 9.96. The van der Waals surface area contributed by atoms with E-state index in [-0.39, 0.29) is 11.3 Å². The van der Waals surface area contributed by atoms with Crippen LogP contribution >= 0.6 is 23.2 Å². The number of Topliss-reactive ketones (excluding diaryl/α,β-unsaturated/α-hetero) is 1. The lowest BCUT2D eigenvalue weighted by Gasteiger charge is -2.26. The van der Waals surface area contributed by atoms with E-state index in [1.807, 2.05) is 0 Å². The topological polar surface area (TPSA) is 79.7 Å². The normalized spacial score (nSPS) is 17.6. The Labute approximate surface area is 194 Å². The molecule has 0 saturated carbocycles. The minimum atomic E-state index is -0.900. The molecule has 1 amide bonds. The van der Waals surface area contributed by atoms with Crippen LogP contribution in [0.5, 0.6) is 5.75 Å². The molecular formula is C24H18Cl2N2O4. The lowest BCUT2D eigenvalue weighted by Crippen LogP contribution is -2.30.